The standard InChI is InChI=1S/C21H38N6O/c1-16(2)20-25-19(28-26-20)9-12-23-21(22-3)24-18-10-13-27(14-11-18)15-17-7-5-4-6-8-17/h16-18H,4-15H2,1-3H3,(H2,22,23,24). The minimum absolute atomic E-state index is 0.295. The fourth-order valence-electron chi connectivity index (χ4n) is 4.27. The van der Waals surface area contributed by atoms with Crippen molar-refractivity contribution in [2.75, 3.05) is 33.2 Å². The van der Waals surface area contributed by atoms with E-state index in [9.17, 15) is 0 Å². The number of likely N-dealkylation sites (tertiary alicyclic amines) is 1. The van der Waals surface area contributed by atoms with Crippen molar-refractivity contribution < 1.29 is 4.52 Å². The highest BCUT2D eigenvalue weighted by Gasteiger charge is 2.23. The molecule has 2 heterocycles. The summed E-state index contributed by atoms with van der Waals surface area (Å²) >= 11 is 0. The van der Waals surface area contributed by atoms with Crippen LogP contribution in [0.2, 0.25) is 0 Å². The summed E-state index contributed by atoms with van der Waals surface area (Å²) in [5.41, 5.74) is 0. The molecule has 1 aliphatic heterocycles. The largest absolute Gasteiger partial charge is 0.356 e. The highest BCUT2D eigenvalue weighted by Crippen LogP contribution is 2.25. The maximum Gasteiger partial charge on any atom is 0.228 e. The first kappa shape index (κ1) is 21.1. The van der Waals surface area contributed by atoms with Crippen molar-refractivity contribution in [2.24, 2.45) is 10.9 Å². The molecule has 0 amide bonds. The molecular weight excluding hydrogens is 352 g/mol. The van der Waals surface area contributed by atoms with Crippen LogP contribution in [-0.4, -0.2) is 60.3 Å². The zero-order valence-electron chi connectivity index (χ0n) is 17.9. The van der Waals surface area contributed by atoms with E-state index >= 15 is 0 Å². The molecule has 0 bridgehead atoms. The number of aliphatic imine (C=N–C) groups is 1. The maximum atomic E-state index is 5.30. The Bertz CT molecular complexity index is 600. The van der Waals surface area contributed by atoms with E-state index in [1.165, 1.54) is 64.6 Å². The van der Waals surface area contributed by atoms with Crippen molar-refractivity contribution in [2.45, 2.75) is 77.2 Å². The Hall–Kier alpha value is -1.63. The molecule has 28 heavy (non-hydrogen) atoms. The van der Waals surface area contributed by atoms with Gasteiger partial charge in [0.1, 0.15) is 0 Å². The molecule has 0 spiro atoms. The lowest BCUT2D eigenvalue weighted by Crippen LogP contribution is -2.49. The summed E-state index contributed by atoms with van der Waals surface area (Å²) in [6.07, 6.45) is 10.3. The minimum Gasteiger partial charge on any atom is -0.356 e. The van der Waals surface area contributed by atoms with E-state index in [0.29, 0.717) is 24.3 Å². The second-order valence-electron chi connectivity index (χ2n) is 8.67. The van der Waals surface area contributed by atoms with Crippen molar-refractivity contribution in [3.05, 3.63) is 11.7 Å². The van der Waals surface area contributed by atoms with Gasteiger partial charge < -0.3 is 20.1 Å². The number of hydrogen-bond acceptors (Lipinski definition) is 5. The fourth-order valence-corrected chi connectivity index (χ4v) is 4.27. The number of rotatable bonds is 7. The van der Waals surface area contributed by atoms with Crippen LogP contribution >= 0.6 is 0 Å². The molecule has 7 heteroatoms. The van der Waals surface area contributed by atoms with Gasteiger partial charge in [0.15, 0.2) is 11.8 Å². The Morgan fingerprint density at radius 2 is 1.93 bits per heavy atom. The molecule has 2 fully saturated rings. The van der Waals surface area contributed by atoms with Crippen LogP contribution in [0.25, 0.3) is 0 Å². The first-order chi connectivity index (χ1) is 13.6. The molecule has 1 saturated carbocycles. The lowest BCUT2D eigenvalue weighted by Gasteiger charge is -2.36. The van der Waals surface area contributed by atoms with Crippen molar-refractivity contribution in [1.29, 1.82) is 0 Å². The molecule has 0 aromatic carbocycles. The molecule has 2 aliphatic rings. The van der Waals surface area contributed by atoms with Gasteiger partial charge in [-0.2, -0.15) is 4.98 Å². The molecule has 0 unspecified atom stereocenters. The van der Waals surface area contributed by atoms with Gasteiger partial charge in [-0.3, -0.25) is 4.99 Å². The van der Waals surface area contributed by atoms with Gasteiger partial charge in [0.05, 0.1) is 0 Å². The zero-order chi connectivity index (χ0) is 19.8. The number of hydrogen-bond donors (Lipinski definition) is 2. The van der Waals surface area contributed by atoms with E-state index in [1.807, 2.05) is 7.05 Å². The Morgan fingerprint density at radius 3 is 2.57 bits per heavy atom. The van der Waals surface area contributed by atoms with Crippen LogP contribution in [0.3, 0.4) is 0 Å². The Kier molecular flexibility index (Phi) is 8.13. The summed E-state index contributed by atoms with van der Waals surface area (Å²) in [6.45, 7) is 8.58. The SMILES string of the molecule is CN=C(NCCc1nc(C(C)C)no1)NC1CCN(CC2CCCCC2)CC1. The van der Waals surface area contributed by atoms with Gasteiger partial charge in [-0.25, -0.2) is 0 Å². The van der Waals surface area contributed by atoms with Gasteiger partial charge in [0.2, 0.25) is 5.89 Å². The van der Waals surface area contributed by atoms with E-state index in [2.05, 4.69) is 44.5 Å². The van der Waals surface area contributed by atoms with E-state index in [-0.39, 0.29) is 0 Å². The van der Waals surface area contributed by atoms with Crippen LogP contribution in [0.4, 0.5) is 0 Å². The van der Waals surface area contributed by atoms with Gasteiger partial charge in [0.25, 0.3) is 0 Å². The van der Waals surface area contributed by atoms with Gasteiger partial charge in [-0.05, 0) is 31.6 Å². The number of nitrogens with one attached hydrogen (secondary N) is 2. The second kappa shape index (κ2) is 10.8. The van der Waals surface area contributed by atoms with Gasteiger partial charge in [-0.15, -0.1) is 0 Å². The molecule has 1 aromatic rings. The summed E-state index contributed by atoms with van der Waals surface area (Å²) in [6, 6.07) is 0.504. The van der Waals surface area contributed by atoms with Crippen LogP contribution < -0.4 is 10.6 Å². The topological polar surface area (TPSA) is 78.6 Å². The summed E-state index contributed by atoms with van der Waals surface area (Å²) in [7, 11) is 1.83. The number of nitrogens with zero attached hydrogens (tertiary/aromatic N) is 4. The van der Waals surface area contributed by atoms with Crippen LogP contribution in [0.5, 0.6) is 0 Å². The van der Waals surface area contributed by atoms with Crippen molar-refractivity contribution >= 4 is 5.96 Å². The Morgan fingerprint density at radius 1 is 1.18 bits per heavy atom. The molecule has 7 nitrogen and oxygen atoms in total. The third-order valence-corrected chi connectivity index (χ3v) is 6.02. The highest BCUT2D eigenvalue weighted by atomic mass is 16.5. The minimum atomic E-state index is 0.295. The fraction of sp³-hybridized carbons (Fsp3) is 0.857. The van der Waals surface area contributed by atoms with E-state index in [0.717, 1.165) is 24.2 Å². The molecule has 2 N–H and O–H groups in total. The molecule has 1 saturated heterocycles. The molecule has 0 radical (unpaired) electrons. The molecule has 3 rings (SSSR count). The third kappa shape index (κ3) is 6.47. The Balaban J connectivity index is 1.33. The number of guanidine groups is 1. The number of piperidine rings is 1. The summed E-state index contributed by atoms with van der Waals surface area (Å²) in [4.78, 5) is 11.5. The monoisotopic (exact) mass is 390 g/mol. The van der Waals surface area contributed by atoms with Gasteiger partial charge >= 0.3 is 0 Å². The van der Waals surface area contributed by atoms with Crippen LogP contribution in [0, 0.1) is 5.92 Å². The molecule has 1 aromatic heterocycles. The van der Waals surface area contributed by atoms with Crippen LogP contribution in [0.1, 0.15) is 76.4 Å². The van der Waals surface area contributed by atoms with Gasteiger partial charge in [0, 0.05) is 51.6 Å². The summed E-state index contributed by atoms with van der Waals surface area (Å²) < 4.78 is 5.30. The lowest BCUT2D eigenvalue weighted by molar-refractivity contribution is 0.160. The van der Waals surface area contributed by atoms with E-state index in [4.69, 9.17) is 4.52 Å². The van der Waals surface area contributed by atoms with Crippen molar-refractivity contribution in [3.8, 4) is 0 Å². The predicted molar refractivity (Wildman–Crippen MR) is 113 cm³/mol. The Labute approximate surface area is 169 Å². The smallest absolute Gasteiger partial charge is 0.228 e. The third-order valence-electron chi connectivity index (χ3n) is 6.02. The highest BCUT2D eigenvalue weighted by molar-refractivity contribution is 5.79. The molecular formula is C21H38N6O. The summed E-state index contributed by atoms with van der Waals surface area (Å²) in [5, 5.41) is 11.0. The van der Waals surface area contributed by atoms with Crippen LogP contribution in [0.15, 0.2) is 9.52 Å². The van der Waals surface area contributed by atoms with E-state index in [1.54, 1.807) is 0 Å². The average molecular weight is 391 g/mol. The van der Waals surface area contributed by atoms with Gasteiger partial charge in [-0.1, -0.05) is 38.3 Å². The first-order valence-corrected chi connectivity index (χ1v) is 11.2. The maximum absolute atomic E-state index is 5.30. The molecule has 1 aliphatic carbocycles. The lowest BCUT2D eigenvalue weighted by atomic mass is 9.88. The second-order valence-corrected chi connectivity index (χ2v) is 8.67. The normalized spacial score (nSPS) is 20.6. The van der Waals surface area contributed by atoms with Crippen molar-refractivity contribution in [3.63, 3.8) is 0 Å². The average Bonchev–Trinajstić information content (AvgIpc) is 3.19. The number of aromatic nitrogens is 2. The molecule has 158 valence electrons. The zero-order valence-corrected chi connectivity index (χ0v) is 17.9. The summed E-state index contributed by atoms with van der Waals surface area (Å²) in [5.74, 6) is 3.56. The first-order valence-electron chi connectivity index (χ1n) is 11.2. The van der Waals surface area contributed by atoms with Crippen LogP contribution in [-0.2, 0) is 6.42 Å². The quantitative estimate of drug-likeness (QED) is 0.550. The van der Waals surface area contributed by atoms with Crippen molar-refractivity contribution in [1.82, 2.24) is 25.7 Å². The predicted octanol–water partition coefficient (Wildman–Crippen LogP) is 2.95. The molecule has 0 atom stereocenters. The van der Waals surface area contributed by atoms with E-state index < -0.39 is 0 Å².